The summed E-state index contributed by atoms with van der Waals surface area (Å²) in [4.78, 5) is 16.6. The topological polar surface area (TPSA) is 101 Å². The normalized spacial score (nSPS) is 11.6. The average Bonchev–Trinajstić information content (AvgIpc) is 3.44. The second-order valence-corrected chi connectivity index (χ2v) is 7.37. The van der Waals surface area contributed by atoms with Gasteiger partial charge in [0.05, 0.1) is 34.7 Å². The summed E-state index contributed by atoms with van der Waals surface area (Å²) < 4.78 is 3.36. The fourth-order valence-electron chi connectivity index (χ4n) is 3.08. The molecule has 154 valence electrons. The largest absolute Gasteiger partial charge is 0.346 e. The standard InChI is InChI=1S/C22H18ClN7O/c1-15(26-22(31)21-7-10-30(28-21)18-3-2-8-25-13-18)14-29-9-6-20(27-29)16-4-5-17(12-24)19(23)11-16/h2-11,13,15H,14H2,1H3,(H,26,31)/t15-/m0/s1. The molecule has 4 rings (SSSR count). The summed E-state index contributed by atoms with van der Waals surface area (Å²) in [7, 11) is 0. The van der Waals surface area contributed by atoms with Crippen molar-refractivity contribution in [1.82, 2.24) is 29.9 Å². The Balaban J connectivity index is 1.39. The molecule has 0 aliphatic carbocycles. The molecule has 8 nitrogen and oxygen atoms in total. The highest BCUT2D eigenvalue weighted by molar-refractivity contribution is 6.32. The number of nitriles is 1. The number of carbonyl (C=O) groups is 1. The average molecular weight is 432 g/mol. The maximum absolute atomic E-state index is 12.5. The van der Waals surface area contributed by atoms with Crippen LogP contribution in [0.25, 0.3) is 16.9 Å². The van der Waals surface area contributed by atoms with Gasteiger partial charge < -0.3 is 5.32 Å². The van der Waals surface area contributed by atoms with Gasteiger partial charge in [0.1, 0.15) is 6.07 Å². The summed E-state index contributed by atoms with van der Waals surface area (Å²) in [6.07, 6.45) is 6.91. The van der Waals surface area contributed by atoms with Crippen molar-refractivity contribution in [1.29, 1.82) is 5.26 Å². The van der Waals surface area contributed by atoms with Gasteiger partial charge in [0.25, 0.3) is 5.91 Å². The predicted octanol–water partition coefficient (Wildman–Crippen LogP) is 3.47. The number of benzene rings is 1. The first-order valence-corrected chi connectivity index (χ1v) is 9.91. The molecule has 3 heterocycles. The van der Waals surface area contributed by atoms with Crippen molar-refractivity contribution in [2.24, 2.45) is 0 Å². The summed E-state index contributed by atoms with van der Waals surface area (Å²) >= 11 is 6.11. The van der Waals surface area contributed by atoms with Crippen LogP contribution in [-0.4, -0.2) is 36.5 Å². The Morgan fingerprint density at radius 2 is 2.10 bits per heavy atom. The van der Waals surface area contributed by atoms with Crippen molar-refractivity contribution in [2.75, 3.05) is 0 Å². The summed E-state index contributed by atoms with van der Waals surface area (Å²) in [5.41, 5.74) is 3.08. The molecule has 0 saturated heterocycles. The zero-order valence-electron chi connectivity index (χ0n) is 16.6. The van der Waals surface area contributed by atoms with Crippen molar-refractivity contribution < 1.29 is 4.79 Å². The van der Waals surface area contributed by atoms with E-state index in [2.05, 4.69) is 20.5 Å². The molecule has 0 radical (unpaired) electrons. The number of nitrogens with zero attached hydrogens (tertiary/aromatic N) is 6. The number of aromatic nitrogens is 5. The number of amides is 1. The van der Waals surface area contributed by atoms with E-state index < -0.39 is 0 Å². The molecule has 0 aliphatic rings. The Labute approximate surface area is 183 Å². The second kappa shape index (κ2) is 8.81. The number of halogens is 1. The summed E-state index contributed by atoms with van der Waals surface area (Å²) in [6, 6.07) is 14.3. The molecule has 0 saturated carbocycles. The van der Waals surface area contributed by atoms with Gasteiger partial charge in [0.2, 0.25) is 0 Å². The highest BCUT2D eigenvalue weighted by Crippen LogP contribution is 2.24. The van der Waals surface area contributed by atoms with Crippen LogP contribution in [0.4, 0.5) is 0 Å². The van der Waals surface area contributed by atoms with Crippen LogP contribution in [0.1, 0.15) is 23.0 Å². The number of rotatable bonds is 6. The Bertz CT molecular complexity index is 1260. The highest BCUT2D eigenvalue weighted by Gasteiger charge is 2.14. The van der Waals surface area contributed by atoms with Crippen LogP contribution >= 0.6 is 11.6 Å². The molecule has 0 bridgehead atoms. The zero-order chi connectivity index (χ0) is 21.8. The molecule has 0 fully saturated rings. The van der Waals surface area contributed by atoms with E-state index in [0.717, 1.165) is 16.9 Å². The minimum atomic E-state index is -0.263. The molecule has 1 amide bonds. The second-order valence-electron chi connectivity index (χ2n) is 6.96. The number of hydrogen-bond acceptors (Lipinski definition) is 5. The van der Waals surface area contributed by atoms with E-state index in [4.69, 9.17) is 16.9 Å². The molecule has 9 heteroatoms. The monoisotopic (exact) mass is 431 g/mol. The van der Waals surface area contributed by atoms with E-state index in [-0.39, 0.29) is 11.9 Å². The van der Waals surface area contributed by atoms with Gasteiger partial charge in [-0.05, 0) is 43.3 Å². The van der Waals surface area contributed by atoms with Crippen LogP contribution in [0, 0.1) is 11.3 Å². The van der Waals surface area contributed by atoms with Gasteiger partial charge >= 0.3 is 0 Å². The van der Waals surface area contributed by atoms with Crippen molar-refractivity contribution in [3.05, 3.63) is 83.5 Å². The van der Waals surface area contributed by atoms with Crippen LogP contribution in [0.15, 0.2) is 67.3 Å². The van der Waals surface area contributed by atoms with Gasteiger partial charge in [-0.3, -0.25) is 14.5 Å². The Kier molecular flexibility index (Phi) is 5.78. The van der Waals surface area contributed by atoms with Crippen LogP contribution in [0.5, 0.6) is 0 Å². The van der Waals surface area contributed by atoms with Gasteiger partial charge in [-0.2, -0.15) is 15.5 Å². The van der Waals surface area contributed by atoms with E-state index in [1.54, 1.807) is 52.2 Å². The molecular weight excluding hydrogens is 414 g/mol. The molecule has 1 atom stereocenters. The zero-order valence-corrected chi connectivity index (χ0v) is 17.4. The molecule has 0 spiro atoms. The van der Waals surface area contributed by atoms with Crippen LogP contribution in [-0.2, 0) is 6.54 Å². The first-order chi connectivity index (χ1) is 15.0. The Morgan fingerprint density at radius 1 is 1.23 bits per heavy atom. The van der Waals surface area contributed by atoms with Crippen molar-refractivity contribution in [3.63, 3.8) is 0 Å². The Morgan fingerprint density at radius 3 is 2.84 bits per heavy atom. The molecule has 0 unspecified atom stereocenters. The van der Waals surface area contributed by atoms with E-state index in [9.17, 15) is 4.79 Å². The quantitative estimate of drug-likeness (QED) is 0.503. The van der Waals surface area contributed by atoms with Crippen LogP contribution < -0.4 is 5.32 Å². The predicted molar refractivity (Wildman–Crippen MR) is 116 cm³/mol. The molecular formula is C22H18ClN7O. The van der Waals surface area contributed by atoms with Gasteiger partial charge in [0, 0.05) is 30.2 Å². The van der Waals surface area contributed by atoms with Gasteiger partial charge in [-0.15, -0.1) is 0 Å². The number of hydrogen-bond donors (Lipinski definition) is 1. The minimum absolute atomic E-state index is 0.173. The van der Waals surface area contributed by atoms with E-state index in [0.29, 0.717) is 22.8 Å². The first-order valence-electron chi connectivity index (χ1n) is 9.54. The molecule has 1 N–H and O–H groups in total. The summed E-state index contributed by atoms with van der Waals surface area (Å²) in [5.74, 6) is -0.263. The third-order valence-electron chi connectivity index (χ3n) is 4.60. The highest BCUT2D eigenvalue weighted by atomic mass is 35.5. The summed E-state index contributed by atoms with van der Waals surface area (Å²) in [5, 5.41) is 21.2. The maximum atomic E-state index is 12.5. The lowest BCUT2D eigenvalue weighted by atomic mass is 10.1. The van der Waals surface area contributed by atoms with Gasteiger partial charge in [-0.1, -0.05) is 17.7 Å². The van der Waals surface area contributed by atoms with Crippen LogP contribution in [0.2, 0.25) is 5.02 Å². The SMILES string of the molecule is C[C@@H](Cn1ccc(-c2ccc(C#N)c(Cl)c2)n1)NC(=O)c1ccn(-c2cccnc2)n1. The maximum Gasteiger partial charge on any atom is 0.272 e. The van der Waals surface area contributed by atoms with Crippen molar-refractivity contribution in [2.45, 2.75) is 19.5 Å². The van der Waals surface area contributed by atoms with Crippen molar-refractivity contribution in [3.8, 4) is 23.0 Å². The molecule has 0 aliphatic heterocycles. The minimum Gasteiger partial charge on any atom is -0.346 e. The smallest absolute Gasteiger partial charge is 0.272 e. The third-order valence-corrected chi connectivity index (χ3v) is 4.91. The third kappa shape index (κ3) is 4.63. The van der Waals surface area contributed by atoms with Crippen molar-refractivity contribution >= 4 is 17.5 Å². The Hall–Kier alpha value is -3.96. The number of carbonyl (C=O) groups excluding carboxylic acids is 1. The lowest BCUT2D eigenvalue weighted by molar-refractivity contribution is 0.0930. The van der Waals surface area contributed by atoms with E-state index >= 15 is 0 Å². The number of nitrogens with one attached hydrogen (secondary N) is 1. The first kappa shape index (κ1) is 20.3. The lowest BCUT2D eigenvalue weighted by Gasteiger charge is -2.13. The fraction of sp³-hybridized carbons (Fsp3) is 0.136. The molecule has 4 aromatic rings. The number of pyridine rings is 1. The van der Waals surface area contributed by atoms with Crippen LogP contribution in [0.3, 0.4) is 0 Å². The molecule has 3 aromatic heterocycles. The lowest BCUT2D eigenvalue weighted by Crippen LogP contribution is -2.36. The van der Waals surface area contributed by atoms with E-state index in [1.165, 1.54) is 0 Å². The fourth-order valence-corrected chi connectivity index (χ4v) is 3.31. The summed E-state index contributed by atoms with van der Waals surface area (Å²) in [6.45, 7) is 2.38. The van der Waals surface area contributed by atoms with Gasteiger partial charge in [-0.25, -0.2) is 4.68 Å². The molecule has 1 aromatic carbocycles. The van der Waals surface area contributed by atoms with E-state index in [1.807, 2.05) is 37.4 Å². The molecule has 31 heavy (non-hydrogen) atoms. The van der Waals surface area contributed by atoms with Gasteiger partial charge in [0.15, 0.2) is 5.69 Å².